The van der Waals surface area contributed by atoms with Gasteiger partial charge in [0.15, 0.2) is 0 Å². The Kier molecular flexibility index (Phi) is 8.48. The number of aliphatic carboxylic acids is 1. The maximum atomic E-state index is 12.7. The molecule has 0 aliphatic heterocycles. The van der Waals surface area contributed by atoms with Crippen LogP contribution in [0.5, 0.6) is 11.5 Å². The number of fused-ring (bicyclic) bond motifs is 1. The SMILES string of the molecule is CC(C)(CCCOc1ccc(OCCn2c(=O)sc3cc(/C(=N/O)c4ccccc4)ccc32)cc1)C(=O)O. The Morgan fingerprint density at radius 3 is 2.24 bits per heavy atom. The monoisotopic (exact) mass is 534 g/mol. The van der Waals surface area contributed by atoms with E-state index in [4.69, 9.17) is 9.47 Å². The van der Waals surface area contributed by atoms with Crippen LogP contribution in [0.25, 0.3) is 10.2 Å². The van der Waals surface area contributed by atoms with Crippen LogP contribution in [0.2, 0.25) is 0 Å². The van der Waals surface area contributed by atoms with Gasteiger partial charge in [0.25, 0.3) is 0 Å². The molecule has 2 N–H and O–H groups in total. The number of benzene rings is 3. The minimum Gasteiger partial charge on any atom is -0.494 e. The van der Waals surface area contributed by atoms with Crippen LogP contribution in [0.3, 0.4) is 0 Å². The molecule has 0 atom stereocenters. The molecular formula is C29H30N2O6S. The van der Waals surface area contributed by atoms with Gasteiger partial charge in [-0.2, -0.15) is 0 Å². The van der Waals surface area contributed by atoms with Gasteiger partial charge in [-0.3, -0.25) is 14.2 Å². The van der Waals surface area contributed by atoms with Gasteiger partial charge in [-0.25, -0.2) is 0 Å². The zero-order chi connectivity index (χ0) is 27.1. The summed E-state index contributed by atoms with van der Waals surface area (Å²) in [7, 11) is 0. The van der Waals surface area contributed by atoms with E-state index in [1.54, 1.807) is 42.7 Å². The molecule has 0 saturated carbocycles. The first-order chi connectivity index (χ1) is 18.3. The van der Waals surface area contributed by atoms with Crippen LogP contribution in [-0.2, 0) is 11.3 Å². The second kappa shape index (κ2) is 12.0. The van der Waals surface area contributed by atoms with Crippen molar-refractivity contribution in [2.75, 3.05) is 13.2 Å². The zero-order valence-corrected chi connectivity index (χ0v) is 22.1. The van der Waals surface area contributed by atoms with Gasteiger partial charge in [0, 0.05) is 11.1 Å². The van der Waals surface area contributed by atoms with Crippen LogP contribution in [0.4, 0.5) is 0 Å². The fourth-order valence-electron chi connectivity index (χ4n) is 4.00. The van der Waals surface area contributed by atoms with E-state index < -0.39 is 11.4 Å². The number of hydrogen-bond acceptors (Lipinski definition) is 7. The van der Waals surface area contributed by atoms with Gasteiger partial charge in [-0.05, 0) is 63.1 Å². The molecule has 198 valence electrons. The predicted molar refractivity (Wildman–Crippen MR) is 148 cm³/mol. The molecule has 0 bridgehead atoms. The zero-order valence-electron chi connectivity index (χ0n) is 21.3. The highest BCUT2D eigenvalue weighted by Gasteiger charge is 2.26. The van der Waals surface area contributed by atoms with E-state index in [2.05, 4.69) is 5.16 Å². The van der Waals surface area contributed by atoms with E-state index in [1.807, 2.05) is 48.5 Å². The Morgan fingerprint density at radius 2 is 1.61 bits per heavy atom. The van der Waals surface area contributed by atoms with Gasteiger partial charge in [-0.1, -0.05) is 52.9 Å². The second-order valence-corrected chi connectivity index (χ2v) is 10.5. The molecule has 0 amide bonds. The molecule has 3 aromatic carbocycles. The number of aromatic nitrogens is 1. The summed E-state index contributed by atoms with van der Waals surface area (Å²) in [5, 5.41) is 22.2. The van der Waals surface area contributed by atoms with Crippen molar-refractivity contribution in [3.8, 4) is 11.5 Å². The van der Waals surface area contributed by atoms with Crippen molar-refractivity contribution in [1.82, 2.24) is 4.57 Å². The summed E-state index contributed by atoms with van der Waals surface area (Å²) >= 11 is 1.14. The van der Waals surface area contributed by atoms with Crippen molar-refractivity contribution in [2.24, 2.45) is 10.6 Å². The van der Waals surface area contributed by atoms with Crippen molar-refractivity contribution in [3.05, 3.63) is 93.6 Å². The minimum absolute atomic E-state index is 0.0854. The predicted octanol–water partition coefficient (Wildman–Crippen LogP) is 5.64. The van der Waals surface area contributed by atoms with Crippen LogP contribution >= 0.6 is 11.3 Å². The lowest BCUT2D eigenvalue weighted by molar-refractivity contribution is -0.147. The van der Waals surface area contributed by atoms with Crippen LogP contribution in [0.1, 0.15) is 37.8 Å². The number of hydrogen-bond donors (Lipinski definition) is 2. The van der Waals surface area contributed by atoms with E-state index in [-0.39, 0.29) is 4.87 Å². The molecule has 1 aromatic heterocycles. The highest BCUT2D eigenvalue weighted by Crippen LogP contribution is 2.24. The van der Waals surface area contributed by atoms with Crippen LogP contribution in [0.15, 0.2) is 82.7 Å². The molecule has 38 heavy (non-hydrogen) atoms. The molecule has 0 unspecified atom stereocenters. The molecule has 0 spiro atoms. The van der Waals surface area contributed by atoms with Crippen molar-refractivity contribution < 1.29 is 24.6 Å². The van der Waals surface area contributed by atoms with Gasteiger partial charge >= 0.3 is 10.8 Å². The summed E-state index contributed by atoms with van der Waals surface area (Å²) < 4.78 is 14.0. The van der Waals surface area contributed by atoms with Gasteiger partial charge in [0.05, 0.1) is 28.8 Å². The summed E-state index contributed by atoms with van der Waals surface area (Å²) in [5.74, 6) is 0.531. The first-order valence-corrected chi connectivity index (χ1v) is 13.1. The molecule has 8 nitrogen and oxygen atoms in total. The first kappa shape index (κ1) is 26.9. The van der Waals surface area contributed by atoms with Crippen molar-refractivity contribution in [1.29, 1.82) is 0 Å². The molecule has 1 heterocycles. The van der Waals surface area contributed by atoms with E-state index in [1.165, 1.54) is 0 Å². The number of carbonyl (C=O) groups is 1. The van der Waals surface area contributed by atoms with Crippen LogP contribution in [-0.4, -0.2) is 39.8 Å². The molecule has 0 saturated heterocycles. The van der Waals surface area contributed by atoms with E-state index >= 15 is 0 Å². The molecule has 0 radical (unpaired) electrons. The molecular weight excluding hydrogens is 504 g/mol. The fourth-order valence-corrected chi connectivity index (χ4v) is 4.96. The van der Waals surface area contributed by atoms with E-state index in [0.29, 0.717) is 49.8 Å². The van der Waals surface area contributed by atoms with Crippen LogP contribution < -0.4 is 14.3 Å². The normalized spacial score (nSPS) is 12.0. The summed E-state index contributed by atoms with van der Waals surface area (Å²) in [4.78, 5) is 23.8. The lowest BCUT2D eigenvalue weighted by Crippen LogP contribution is -2.24. The highest BCUT2D eigenvalue weighted by molar-refractivity contribution is 7.16. The molecule has 0 aliphatic rings. The minimum atomic E-state index is -0.810. The topological polar surface area (TPSA) is 110 Å². The number of carboxylic acids is 1. The Bertz CT molecular complexity index is 1470. The lowest BCUT2D eigenvalue weighted by Gasteiger charge is -2.18. The Labute approximate surface area is 224 Å². The van der Waals surface area contributed by atoms with Gasteiger partial charge in [0.2, 0.25) is 0 Å². The maximum Gasteiger partial charge on any atom is 0.309 e. The number of rotatable bonds is 12. The van der Waals surface area contributed by atoms with Crippen molar-refractivity contribution in [3.63, 3.8) is 0 Å². The van der Waals surface area contributed by atoms with Gasteiger partial charge in [0.1, 0.15) is 23.8 Å². The standard InChI is InChI=1S/C29H30N2O6S/c1-29(2,27(32)33)15-6-17-36-22-10-12-23(13-11-22)37-18-16-31-24-14-9-21(19-25(24)38-28(31)34)26(30-35)20-7-4-3-5-8-20/h3-5,7-14,19,35H,6,15-18H2,1-2H3,(H,32,33)/b30-26+. The molecule has 0 fully saturated rings. The maximum absolute atomic E-state index is 12.7. The van der Waals surface area contributed by atoms with Gasteiger partial charge < -0.3 is 19.8 Å². The molecule has 9 heteroatoms. The summed E-state index contributed by atoms with van der Waals surface area (Å²) in [6.07, 6.45) is 1.17. The molecule has 0 aliphatic carbocycles. The Hall–Kier alpha value is -4.11. The van der Waals surface area contributed by atoms with Crippen molar-refractivity contribution in [2.45, 2.75) is 33.2 Å². The number of oxime groups is 1. The quantitative estimate of drug-likeness (QED) is 0.105. The van der Waals surface area contributed by atoms with Crippen LogP contribution in [0, 0.1) is 5.41 Å². The summed E-state index contributed by atoms with van der Waals surface area (Å²) in [6, 6.07) is 22.2. The van der Waals surface area contributed by atoms with Crippen molar-refractivity contribution >= 4 is 33.2 Å². The highest BCUT2D eigenvalue weighted by atomic mass is 32.1. The lowest BCUT2D eigenvalue weighted by atomic mass is 9.88. The first-order valence-electron chi connectivity index (χ1n) is 12.3. The largest absolute Gasteiger partial charge is 0.494 e. The average molecular weight is 535 g/mol. The number of thiazole rings is 1. The Morgan fingerprint density at radius 1 is 0.947 bits per heavy atom. The fraction of sp³-hybridized carbons (Fsp3) is 0.276. The number of nitrogens with zero attached hydrogens (tertiary/aromatic N) is 2. The molecule has 4 aromatic rings. The number of ether oxygens (including phenoxy) is 2. The average Bonchev–Trinajstić information content (AvgIpc) is 3.22. The molecule has 4 rings (SSSR count). The number of carboxylic acid groups (broad SMARTS) is 1. The van der Waals surface area contributed by atoms with E-state index in [0.717, 1.165) is 32.7 Å². The van der Waals surface area contributed by atoms with E-state index in [9.17, 15) is 19.9 Å². The summed E-state index contributed by atoms with van der Waals surface area (Å²) in [6.45, 7) is 4.55. The third kappa shape index (κ3) is 6.41. The smallest absolute Gasteiger partial charge is 0.309 e. The summed E-state index contributed by atoms with van der Waals surface area (Å²) in [5.41, 5.74) is 1.99. The third-order valence-corrected chi connectivity index (χ3v) is 7.23. The second-order valence-electron chi connectivity index (χ2n) is 9.48. The Balaban J connectivity index is 1.33. The third-order valence-electron chi connectivity index (χ3n) is 6.29. The van der Waals surface area contributed by atoms with Gasteiger partial charge in [-0.15, -0.1) is 0 Å².